The van der Waals surface area contributed by atoms with Crippen molar-refractivity contribution in [1.29, 1.82) is 0 Å². The molecular weight excluding hydrogens is 568 g/mol. The van der Waals surface area contributed by atoms with E-state index in [1.165, 1.54) is 5.56 Å². The molecule has 3 aliphatic heterocycles. The maximum absolute atomic E-state index is 6.24. The highest BCUT2D eigenvalue weighted by Crippen LogP contribution is 2.39. The third-order valence-corrected chi connectivity index (χ3v) is 11.1. The summed E-state index contributed by atoms with van der Waals surface area (Å²) >= 11 is 0. The molecule has 0 amide bonds. The lowest BCUT2D eigenvalue weighted by Gasteiger charge is -2.29. The first-order valence-corrected chi connectivity index (χ1v) is 17.7. The van der Waals surface area contributed by atoms with Crippen LogP contribution in [-0.2, 0) is 39.3 Å². The van der Waals surface area contributed by atoms with Crippen molar-refractivity contribution in [3.8, 4) is 17.2 Å². The van der Waals surface area contributed by atoms with Gasteiger partial charge >= 0.3 is 8.80 Å². The van der Waals surface area contributed by atoms with Crippen LogP contribution >= 0.6 is 0 Å². The molecule has 0 bridgehead atoms. The third-order valence-electron chi connectivity index (χ3n) is 7.95. The Bertz CT molecular complexity index is 1160. The van der Waals surface area contributed by atoms with E-state index in [1.54, 1.807) is 0 Å². The van der Waals surface area contributed by atoms with Gasteiger partial charge in [-0.05, 0) is 68.5 Å². The van der Waals surface area contributed by atoms with E-state index in [0.29, 0.717) is 39.6 Å². The standard InChI is InChI=1S/C33H48O9Si/c1-6-40-43(41-7-2,42-8-3)15-9-10-24-16-25(11-13-30(24)37-21-27-18-34-27)33(4,5)26-12-14-31(38-22-28-19-35-28)32(17-26)39-23-29-20-36-29/h11-14,16-17,27-29H,6-10,15,18-23H2,1-5H3. The second-order valence-corrected chi connectivity index (χ2v) is 14.5. The zero-order chi connectivity index (χ0) is 30.3. The fourth-order valence-electron chi connectivity index (χ4n) is 5.14. The van der Waals surface area contributed by atoms with Crippen LogP contribution in [0.25, 0.3) is 0 Å². The van der Waals surface area contributed by atoms with E-state index in [4.69, 9.17) is 41.7 Å². The van der Waals surface area contributed by atoms with E-state index in [1.807, 2.05) is 26.8 Å². The summed E-state index contributed by atoms with van der Waals surface area (Å²) in [6.07, 6.45) is 2.19. The van der Waals surface area contributed by atoms with Crippen LogP contribution in [0.15, 0.2) is 36.4 Å². The Morgan fingerprint density at radius 3 is 1.65 bits per heavy atom. The smallest absolute Gasteiger partial charge is 0.491 e. The van der Waals surface area contributed by atoms with Crippen molar-refractivity contribution >= 4 is 8.80 Å². The van der Waals surface area contributed by atoms with Crippen molar-refractivity contribution in [2.45, 2.75) is 77.2 Å². The molecule has 3 aliphatic rings. The number of ether oxygens (including phenoxy) is 6. The number of hydrogen-bond donors (Lipinski definition) is 0. The minimum absolute atomic E-state index is 0.155. The lowest BCUT2D eigenvalue weighted by atomic mass is 9.77. The summed E-state index contributed by atoms with van der Waals surface area (Å²) in [6, 6.07) is 13.5. The Hall–Kier alpha value is -2.18. The van der Waals surface area contributed by atoms with Crippen LogP contribution in [0.1, 0.15) is 57.7 Å². The molecule has 2 aromatic carbocycles. The van der Waals surface area contributed by atoms with Crippen LogP contribution in [0, 0.1) is 0 Å². The summed E-state index contributed by atoms with van der Waals surface area (Å²) in [4.78, 5) is 0. The molecular formula is C33H48O9Si. The second-order valence-electron chi connectivity index (χ2n) is 11.7. The molecule has 5 rings (SSSR count). The topological polar surface area (TPSA) is 93.0 Å². The molecule has 0 radical (unpaired) electrons. The number of hydrogen-bond acceptors (Lipinski definition) is 9. The predicted molar refractivity (Wildman–Crippen MR) is 164 cm³/mol. The van der Waals surface area contributed by atoms with Crippen LogP contribution in [0.4, 0.5) is 0 Å². The normalized spacial score (nSPS) is 21.0. The molecule has 0 spiro atoms. The van der Waals surface area contributed by atoms with Crippen LogP contribution in [0.2, 0.25) is 6.04 Å². The largest absolute Gasteiger partial charge is 0.500 e. The molecule has 238 valence electrons. The Labute approximate surface area is 257 Å². The maximum atomic E-state index is 6.24. The molecule has 3 unspecified atom stereocenters. The molecule has 43 heavy (non-hydrogen) atoms. The summed E-state index contributed by atoms with van der Waals surface area (Å²) in [5.41, 5.74) is 3.18. The molecule has 3 atom stereocenters. The first-order chi connectivity index (χ1) is 20.9. The zero-order valence-electron chi connectivity index (χ0n) is 26.4. The average molecular weight is 617 g/mol. The van der Waals surface area contributed by atoms with Crippen molar-refractivity contribution in [1.82, 2.24) is 0 Å². The van der Waals surface area contributed by atoms with Gasteiger partial charge in [-0.15, -0.1) is 0 Å². The first-order valence-electron chi connectivity index (χ1n) is 15.8. The van der Waals surface area contributed by atoms with E-state index in [2.05, 4.69) is 44.2 Å². The fourth-order valence-corrected chi connectivity index (χ4v) is 7.75. The van der Waals surface area contributed by atoms with E-state index < -0.39 is 8.80 Å². The highest BCUT2D eigenvalue weighted by molar-refractivity contribution is 6.60. The van der Waals surface area contributed by atoms with Gasteiger partial charge in [0, 0.05) is 31.3 Å². The number of benzene rings is 2. The molecule has 3 fully saturated rings. The van der Waals surface area contributed by atoms with Crippen molar-refractivity contribution in [2.75, 3.05) is 59.5 Å². The van der Waals surface area contributed by atoms with Gasteiger partial charge in [-0.1, -0.05) is 32.0 Å². The Balaban J connectivity index is 1.36. The number of aryl methyl sites for hydroxylation is 1. The molecule has 0 aliphatic carbocycles. The fraction of sp³-hybridized carbons (Fsp3) is 0.636. The first kappa shape index (κ1) is 32.2. The van der Waals surface area contributed by atoms with Gasteiger partial charge in [-0.2, -0.15) is 0 Å². The van der Waals surface area contributed by atoms with E-state index in [0.717, 1.165) is 67.1 Å². The monoisotopic (exact) mass is 616 g/mol. The van der Waals surface area contributed by atoms with Gasteiger partial charge in [0.15, 0.2) is 11.5 Å². The molecule has 0 aromatic heterocycles. The van der Waals surface area contributed by atoms with Crippen molar-refractivity contribution in [2.24, 2.45) is 0 Å². The van der Waals surface area contributed by atoms with Crippen LogP contribution in [0.5, 0.6) is 17.2 Å². The average Bonchev–Trinajstić information content (AvgIpc) is 3.85. The van der Waals surface area contributed by atoms with Crippen LogP contribution in [-0.4, -0.2) is 86.6 Å². The minimum Gasteiger partial charge on any atom is -0.491 e. The molecule has 3 heterocycles. The Kier molecular flexibility index (Phi) is 11.0. The summed E-state index contributed by atoms with van der Waals surface area (Å²) in [5.74, 6) is 2.36. The van der Waals surface area contributed by atoms with E-state index in [9.17, 15) is 0 Å². The molecule has 9 nitrogen and oxygen atoms in total. The van der Waals surface area contributed by atoms with Crippen molar-refractivity contribution in [3.63, 3.8) is 0 Å². The molecule has 0 N–H and O–H groups in total. The minimum atomic E-state index is -2.73. The molecule has 10 heteroatoms. The second kappa shape index (κ2) is 14.7. The highest BCUT2D eigenvalue weighted by atomic mass is 28.4. The van der Waals surface area contributed by atoms with Gasteiger partial charge in [0.05, 0.1) is 19.8 Å². The summed E-state index contributed by atoms with van der Waals surface area (Å²) in [7, 11) is -2.73. The predicted octanol–water partition coefficient (Wildman–Crippen LogP) is 5.33. The quantitative estimate of drug-likeness (QED) is 0.136. The molecule has 3 saturated heterocycles. The van der Waals surface area contributed by atoms with Crippen molar-refractivity contribution in [3.05, 3.63) is 53.1 Å². The van der Waals surface area contributed by atoms with Gasteiger partial charge in [-0.3, -0.25) is 0 Å². The zero-order valence-corrected chi connectivity index (χ0v) is 27.4. The van der Waals surface area contributed by atoms with Gasteiger partial charge in [-0.25, -0.2) is 0 Å². The summed E-state index contributed by atoms with van der Waals surface area (Å²) in [6.45, 7) is 16.0. The SMILES string of the molecule is CCO[Si](CCCc1cc(C(C)(C)c2ccc(OCC3CO3)c(OCC3CO3)c2)ccc1OCC1CO1)(OCC)OCC. The number of rotatable bonds is 21. The van der Waals surface area contributed by atoms with Crippen molar-refractivity contribution < 1.29 is 41.7 Å². The third kappa shape index (κ3) is 9.17. The maximum Gasteiger partial charge on any atom is 0.500 e. The van der Waals surface area contributed by atoms with Gasteiger partial charge < -0.3 is 41.7 Å². The van der Waals surface area contributed by atoms with E-state index >= 15 is 0 Å². The molecule has 0 saturated carbocycles. The molecule has 2 aromatic rings. The van der Waals surface area contributed by atoms with Gasteiger partial charge in [0.2, 0.25) is 0 Å². The highest BCUT2D eigenvalue weighted by Gasteiger charge is 2.40. The lowest BCUT2D eigenvalue weighted by Crippen LogP contribution is -2.46. The van der Waals surface area contributed by atoms with Crippen LogP contribution < -0.4 is 14.2 Å². The number of epoxide rings is 3. The lowest BCUT2D eigenvalue weighted by molar-refractivity contribution is 0.0708. The summed E-state index contributed by atoms with van der Waals surface area (Å²) in [5, 5.41) is 0. The Morgan fingerprint density at radius 1 is 0.674 bits per heavy atom. The van der Waals surface area contributed by atoms with Crippen LogP contribution in [0.3, 0.4) is 0 Å². The Morgan fingerprint density at radius 2 is 1.14 bits per heavy atom. The summed E-state index contributed by atoms with van der Waals surface area (Å²) < 4.78 is 52.9. The van der Waals surface area contributed by atoms with Gasteiger partial charge in [0.25, 0.3) is 0 Å². The van der Waals surface area contributed by atoms with E-state index in [-0.39, 0.29) is 23.7 Å². The van der Waals surface area contributed by atoms with Gasteiger partial charge in [0.1, 0.15) is 43.9 Å².